The van der Waals surface area contributed by atoms with E-state index in [0.717, 1.165) is 6.07 Å². The summed E-state index contributed by atoms with van der Waals surface area (Å²) in [5.41, 5.74) is -4.49. The Balaban J connectivity index is 2.68. The Morgan fingerprint density at radius 3 is 1.73 bits per heavy atom. The molecule has 0 heterocycles. The van der Waals surface area contributed by atoms with Gasteiger partial charge in [0.05, 0.1) is 16.9 Å². The van der Waals surface area contributed by atoms with E-state index in [0.29, 0.717) is 12.1 Å². The lowest BCUT2D eigenvalue weighted by atomic mass is 10.1. The van der Waals surface area contributed by atoms with Crippen molar-refractivity contribution >= 4 is 43.2 Å². The van der Waals surface area contributed by atoms with Crippen LogP contribution in [0.2, 0.25) is 0 Å². The molecule has 0 radical (unpaired) electrons. The van der Waals surface area contributed by atoms with E-state index in [9.17, 15) is 26.3 Å². The minimum Gasteiger partial charge on any atom is -0.350 e. The van der Waals surface area contributed by atoms with Gasteiger partial charge in [0.1, 0.15) is 23.3 Å². The fourth-order valence-electron chi connectivity index (χ4n) is 1.96. The molecule has 0 bridgehead atoms. The van der Waals surface area contributed by atoms with E-state index in [1.54, 1.807) is 0 Å². The number of halogens is 8. The van der Waals surface area contributed by atoms with Gasteiger partial charge in [-0.2, -0.15) is 23.7 Å². The van der Waals surface area contributed by atoms with Crippen LogP contribution in [0.15, 0.2) is 21.1 Å². The van der Waals surface area contributed by atoms with Crippen LogP contribution < -0.4 is 5.32 Å². The molecule has 2 aromatic rings. The summed E-state index contributed by atoms with van der Waals surface area (Å²) in [4.78, 5) is 0. The molecule has 3 nitrogen and oxygen atoms in total. The lowest BCUT2D eigenvalue weighted by Crippen LogP contribution is -2.09. The Bertz CT molecular complexity index is 966. The first-order chi connectivity index (χ1) is 12.0. The van der Waals surface area contributed by atoms with Gasteiger partial charge in [0.25, 0.3) is 0 Å². The second-order valence-corrected chi connectivity index (χ2v) is 6.44. The van der Waals surface area contributed by atoms with Crippen LogP contribution in [-0.4, -0.2) is 0 Å². The summed E-state index contributed by atoms with van der Waals surface area (Å²) < 4.78 is 79.9. The van der Waals surface area contributed by atoms with Gasteiger partial charge in [0.15, 0.2) is 17.5 Å². The molecule has 0 fully saturated rings. The van der Waals surface area contributed by atoms with Crippen molar-refractivity contribution in [2.75, 3.05) is 5.32 Å². The van der Waals surface area contributed by atoms with E-state index < -0.39 is 46.0 Å². The molecule has 2 aromatic carbocycles. The molecule has 0 aliphatic carbocycles. The Morgan fingerprint density at radius 1 is 0.808 bits per heavy atom. The van der Waals surface area contributed by atoms with E-state index in [1.807, 2.05) is 0 Å². The van der Waals surface area contributed by atoms with Gasteiger partial charge in [0.2, 0.25) is 0 Å². The standard InChI is InChI=1S/C15H3Br2F6N3/c16-8-1-5(15(21,22)23)2-9(17)14(8)26-13-7(4-25)10(18)6(3-24)11(19)12(13)20/h1-2,26H. The van der Waals surface area contributed by atoms with E-state index in [2.05, 4.69) is 37.2 Å². The SMILES string of the molecule is N#Cc1c(F)c(F)c(Nc2c(Br)cc(C(F)(F)F)cc2Br)c(C#N)c1F. The van der Waals surface area contributed by atoms with Crippen molar-refractivity contribution in [3.8, 4) is 12.1 Å². The number of rotatable bonds is 2. The van der Waals surface area contributed by atoms with Crippen LogP contribution in [0.5, 0.6) is 0 Å². The quantitative estimate of drug-likeness (QED) is 0.400. The van der Waals surface area contributed by atoms with E-state index in [4.69, 9.17) is 10.5 Å². The Morgan fingerprint density at radius 2 is 1.31 bits per heavy atom. The summed E-state index contributed by atoms with van der Waals surface area (Å²) >= 11 is 5.69. The van der Waals surface area contributed by atoms with Crippen molar-refractivity contribution in [3.63, 3.8) is 0 Å². The number of nitrogens with one attached hydrogen (secondary N) is 1. The van der Waals surface area contributed by atoms with E-state index >= 15 is 0 Å². The van der Waals surface area contributed by atoms with Crippen LogP contribution in [-0.2, 0) is 6.18 Å². The maximum atomic E-state index is 14.2. The van der Waals surface area contributed by atoms with Gasteiger partial charge in [-0.1, -0.05) is 0 Å². The molecule has 134 valence electrons. The predicted molar refractivity (Wildman–Crippen MR) is 85.9 cm³/mol. The van der Waals surface area contributed by atoms with Gasteiger partial charge in [-0.05, 0) is 44.0 Å². The van der Waals surface area contributed by atoms with Crippen molar-refractivity contribution in [2.24, 2.45) is 0 Å². The number of nitrogens with zero attached hydrogens (tertiary/aromatic N) is 2. The number of hydrogen-bond donors (Lipinski definition) is 1. The molecular formula is C15H3Br2F6N3. The van der Waals surface area contributed by atoms with Crippen LogP contribution >= 0.6 is 31.9 Å². The molecule has 0 saturated heterocycles. The Kier molecular flexibility index (Phi) is 5.54. The zero-order valence-corrected chi connectivity index (χ0v) is 15.2. The second-order valence-electron chi connectivity index (χ2n) is 4.73. The highest BCUT2D eigenvalue weighted by Crippen LogP contribution is 2.41. The summed E-state index contributed by atoms with van der Waals surface area (Å²) in [6.45, 7) is 0. The largest absolute Gasteiger partial charge is 0.416 e. The van der Waals surface area contributed by atoms with Gasteiger partial charge in [-0.3, -0.25) is 0 Å². The molecule has 0 unspecified atom stereocenters. The molecule has 0 amide bonds. The summed E-state index contributed by atoms with van der Waals surface area (Å²) in [7, 11) is 0. The van der Waals surface area contributed by atoms with Gasteiger partial charge >= 0.3 is 6.18 Å². The minimum atomic E-state index is -4.67. The van der Waals surface area contributed by atoms with Gasteiger partial charge in [-0.15, -0.1) is 0 Å². The van der Waals surface area contributed by atoms with Crippen molar-refractivity contribution in [2.45, 2.75) is 6.18 Å². The van der Waals surface area contributed by atoms with E-state index in [1.165, 1.54) is 6.07 Å². The van der Waals surface area contributed by atoms with Crippen LogP contribution in [0.1, 0.15) is 16.7 Å². The predicted octanol–water partition coefficient (Wildman–Crippen LogP) is 6.13. The molecule has 2 rings (SSSR count). The Hall–Kier alpha value is -2.24. The summed E-state index contributed by atoms with van der Waals surface area (Å²) in [6.07, 6.45) is -4.67. The molecule has 0 aromatic heterocycles. The maximum absolute atomic E-state index is 14.2. The lowest BCUT2D eigenvalue weighted by Gasteiger charge is -2.16. The van der Waals surface area contributed by atoms with Gasteiger partial charge in [-0.25, -0.2) is 13.2 Å². The topological polar surface area (TPSA) is 59.6 Å². The summed E-state index contributed by atoms with van der Waals surface area (Å²) in [5.74, 6) is -5.14. The number of benzene rings is 2. The first-order valence-electron chi connectivity index (χ1n) is 6.36. The van der Waals surface area contributed by atoms with E-state index in [-0.39, 0.29) is 14.6 Å². The second kappa shape index (κ2) is 7.17. The fourth-order valence-corrected chi connectivity index (χ4v) is 3.35. The van der Waals surface area contributed by atoms with Crippen LogP contribution in [0.4, 0.5) is 37.7 Å². The zero-order valence-electron chi connectivity index (χ0n) is 12.1. The molecular weight excluding hydrogens is 496 g/mol. The molecule has 0 spiro atoms. The fraction of sp³-hybridized carbons (Fsp3) is 0.0667. The van der Waals surface area contributed by atoms with Gasteiger partial charge < -0.3 is 5.32 Å². The molecule has 0 aliphatic rings. The van der Waals surface area contributed by atoms with Crippen LogP contribution in [0.25, 0.3) is 0 Å². The minimum absolute atomic E-state index is 0.211. The average Bonchev–Trinajstić information content (AvgIpc) is 2.54. The monoisotopic (exact) mass is 497 g/mol. The van der Waals surface area contributed by atoms with Crippen LogP contribution in [0.3, 0.4) is 0 Å². The zero-order chi connectivity index (χ0) is 19.8. The maximum Gasteiger partial charge on any atom is 0.416 e. The number of alkyl halides is 3. The number of nitriles is 2. The normalized spacial score (nSPS) is 11.0. The van der Waals surface area contributed by atoms with Crippen molar-refractivity contribution in [3.05, 3.63) is 55.2 Å². The highest BCUT2D eigenvalue weighted by molar-refractivity contribution is 9.11. The number of hydrogen-bond acceptors (Lipinski definition) is 3. The smallest absolute Gasteiger partial charge is 0.350 e. The average molecular weight is 499 g/mol. The Labute approximate surface area is 159 Å². The molecule has 26 heavy (non-hydrogen) atoms. The molecule has 0 aliphatic heterocycles. The third kappa shape index (κ3) is 3.50. The third-order valence-corrected chi connectivity index (χ3v) is 4.41. The van der Waals surface area contributed by atoms with Crippen LogP contribution in [0, 0.1) is 40.1 Å². The van der Waals surface area contributed by atoms with Crippen molar-refractivity contribution < 1.29 is 26.3 Å². The summed E-state index contributed by atoms with van der Waals surface area (Å²) in [6, 6.07) is 3.72. The highest BCUT2D eigenvalue weighted by Gasteiger charge is 2.32. The first kappa shape index (κ1) is 20.1. The van der Waals surface area contributed by atoms with Crippen molar-refractivity contribution in [1.82, 2.24) is 0 Å². The third-order valence-electron chi connectivity index (χ3n) is 3.16. The molecule has 11 heteroatoms. The molecule has 1 N–H and O–H groups in total. The number of anilines is 2. The molecule has 0 atom stereocenters. The first-order valence-corrected chi connectivity index (χ1v) is 7.95. The summed E-state index contributed by atoms with van der Waals surface area (Å²) in [5, 5.41) is 19.9. The highest BCUT2D eigenvalue weighted by atomic mass is 79.9. The van der Waals surface area contributed by atoms with Gasteiger partial charge in [0, 0.05) is 8.95 Å². The molecule has 0 saturated carbocycles. The van der Waals surface area contributed by atoms with Crippen molar-refractivity contribution in [1.29, 1.82) is 10.5 Å². The lowest BCUT2D eigenvalue weighted by molar-refractivity contribution is -0.137.